The van der Waals surface area contributed by atoms with Gasteiger partial charge in [0.05, 0.1) is 0 Å². The lowest BCUT2D eigenvalue weighted by Gasteiger charge is -2.15. The summed E-state index contributed by atoms with van der Waals surface area (Å²) in [6, 6.07) is 10.2. The summed E-state index contributed by atoms with van der Waals surface area (Å²) in [5, 5.41) is 0. The summed E-state index contributed by atoms with van der Waals surface area (Å²) in [5.74, 6) is 0.0232. The van der Waals surface area contributed by atoms with Crippen molar-refractivity contribution in [3.8, 4) is 22.3 Å². The van der Waals surface area contributed by atoms with Gasteiger partial charge in [0.1, 0.15) is 0 Å². The maximum Gasteiger partial charge on any atom is 0.215 e. The molecule has 24 heavy (non-hydrogen) atoms. The second kappa shape index (κ2) is 6.52. The number of pyridine rings is 2. The van der Waals surface area contributed by atoms with Crippen LogP contribution >= 0.6 is 0 Å². The number of hydrogen-bond acceptors (Lipinski definition) is 2. The van der Waals surface area contributed by atoms with Gasteiger partial charge in [-0.15, -0.1) is 0 Å². The summed E-state index contributed by atoms with van der Waals surface area (Å²) >= 11 is 0. The van der Waals surface area contributed by atoms with Crippen LogP contribution in [0.15, 0.2) is 48.9 Å². The van der Waals surface area contributed by atoms with Gasteiger partial charge in [-0.3, -0.25) is 4.98 Å². The number of aromatic nitrogens is 2. The molecular weight excluding hydrogens is 299 g/mol. The first-order chi connectivity index (χ1) is 11.5. The van der Waals surface area contributed by atoms with E-state index in [9.17, 15) is 4.39 Å². The molecule has 0 unspecified atom stereocenters. The van der Waals surface area contributed by atoms with E-state index in [0.717, 1.165) is 11.1 Å². The Morgan fingerprint density at radius 2 is 1.62 bits per heavy atom. The van der Waals surface area contributed by atoms with Crippen molar-refractivity contribution >= 4 is 0 Å². The average Bonchev–Trinajstić information content (AvgIpc) is 2.57. The fourth-order valence-corrected chi connectivity index (χ4v) is 3.00. The Labute approximate surface area is 142 Å². The summed E-state index contributed by atoms with van der Waals surface area (Å²) in [7, 11) is 0. The highest BCUT2D eigenvalue weighted by Gasteiger charge is 2.12. The van der Waals surface area contributed by atoms with Crippen LogP contribution in [0.2, 0.25) is 0 Å². The minimum atomic E-state index is -0.413. The maximum absolute atomic E-state index is 13.4. The smallest absolute Gasteiger partial charge is 0.215 e. The molecule has 0 saturated carbocycles. The zero-order valence-electron chi connectivity index (χ0n) is 14.5. The predicted molar refractivity (Wildman–Crippen MR) is 96.4 cm³/mol. The zero-order valence-corrected chi connectivity index (χ0v) is 14.5. The molecule has 2 nitrogen and oxygen atoms in total. The van der Waals surface area contributed by atoms with E-state index in [2.05, 4.69) is 55.0 Å². The average molecular weight is 320 g/mol. The van der Waals surface area contributed by atoms with Crippen LogP contribution in [0.25, 0.3) is 22.3 Å². The van der Waals surface area contributed by atoms with Gasteiger partial charge in [-0.1, -0.05) is 32.0 Å². The van der Waals surface area contributed by atoms with Crippen molar-refractivity contribution in [2.75, 3.05) is 0 Å². The molecular formula is C21H21FN2. The van der Waals surface area contributed by atoms with Crippen molar-refractivity contribution in [2.45, 2.75) is 33.6 Å². The van der Waals surface area contributed by atoms with E-state index >= 15 is 0 Å². The topological polar surface area (TPSA) is 25.8 Å². The van der Waals surface area contributed by atoms with Crippen molar-refractivity contribution in [3.63, 3.8) is 0 Å². The highest BCUT2D eigenvalue weighted by atomic mass is 19.1. The molecule has 0 aliphatic heterocycles. The van der Waals surface area contributed by atoms with Crippen LogP contribution in [0.5, 0.6) is 0 Å². The van der Waals surface area contributed by atoms with Crippen molar-refractivity contribution in [1.29, 1.82) is 0 Å². The van der Waals surface area contributed by atoms with Gasteiger partial charge in [0.2, 0.25) is 5.95 Å². The van der Waals surface area contributed by atoms with Crippen LogP contribution in [0.4, 0.5) is 4.39 Å². The third kappa shape index (κ3) is 3.07. The highest BCUT2D eigenvalue weighted by Crippen LogP contribution is 2.33. The quantitative estimate of drug-likeness (QED) is 0.579. The predicted octanol–water partition coefficient (Wildman–Crippen LogP) is 5.69. The molecule has 0 amide bonds. The lowest BCUT2D eigenvalue weighted by Crippen LogP contribution is -1.95. The Morgan fingerprint density at radius 3 is 2.29 bits per heavy atom. The van der Waals surface area contributed by atoms with Gasteiger partial charge in [-0.05, 0) is 54.2 Å². The fourth-order valence-electron chi connectivity index (χ4n) is 3.00. The molecule has 0 saturated heterocycles. The van der Waals surface area contributed by atoms with Gasteiger partial charge in [0.25, 0.3) is 0 Å². The molecule has 0 fully saturated rings. The van der Waals surface area contributed by atoms with Gasteiger partial charge in [-0.2, -0.15) is 4.39 Å². The molecule has 1 aromatic carbocycles. The summed E-state index contributed by atoms with van der Waals surface area (Å²) in [4.78, 5) is 8.12. The number of aryl methyl sites for hydroxylation is 2. The van der Waals surface area contributed by atoms with E-state index in [0.29, 0.717) is 11.5 Å². The zero-order chi connectivity index (χ0) is 17.3. The molecule has 122 valence electrons. The van der Waals surface area contributed by atoms with E-state index in [1.165, 1.54) is 22.3 Å². The van der Waals surface area contributed by atoms with Crippen LogP contribution in [0, 0.1) is 19.8 Å². The molecule has 0 radical (unpaired) electrons. The van der Waals surface area contributed by atoms with Gasteiger partial charge >= 0.3 is 0 Å². The van der Waals surface area contributed by atoms with Gasteiger partial charge in [0.15, 0.2) is 0 Å². The Balaban J connectivity index is 2.06. The van der Waals surface area contributed by atoms with Gasteiger partial charge in [0, 0.05) is 35.3 Å². The third-order valence-corrected chi connectivity index (χ3v) is 4.34. The molecule has 0 spiro atoms. The lowest BCUT2D eigenvalue weighted by atomic mass is 9.90. The van der Waals surface area contributed by atoms with Crippen LogP contribution < -0.4 is 0 Å². The molecule has 3 rings (SSSR count). The second-order valence-electron chi connectivity index (χ2n) is 6.48. The molecule has 2 heterocycles. The Kier molecular flexibility index (Phi) is 4.43. The highest BCUT2D eigenvalue weighted by molar-refractivity contribution is 5.75. The third-order valence-electron chi connectivity index (χ3n) is 4.34. The Morgan fingerprint density at radius 1 is 0.875 bits per heavy atom. The first kappa shape index (κ1) is 16.3. The summed E-state index contributed by atoms with van der Waals surface area (Å²) in [6.45, 7) is 8.21. The number of hydrogen-bond donors (Lipinski definition) is 0. The van der Waals surface area contributed by atoms with Gasteiger partial charge in [-0.25, -0.2) is 4.98 Å². The largest absolute Gasteiger partial charge is 0.264 e. The van der Waals surface area contributed by atoms with Crippen molar-refractivity contribution in [1.82, 2.24) is 9.97 Å². The van der Waals surface area contributed by atoms with E-state index in [-0.39, 0.29) is 0 Å². The normalized spacial score (nSPS) is 11.1. The maximum atomic E-state index is 13.4. The van der Waals surface area contributed by atoms with Crippen LogP contribution in [-0.2, 0) is 0 Å². The fraction of sp³-hybridized carbons (Fsp3) is 0.238. The number of rotatable bonds is 3. The van der Waals surface area contributed by atoms with Crippen LogP contribution in [-0.4, -0.2) is 9.97 Å². The lowest BCUT2D eigenvalue weighted by molar-refractivity contribution is 0.575. The molecule has 2 aromatic heterocycles. The molecule has 0 N–H and O–H groups in total. The Bertz CT molecular complexity index is 885. The van der Waals surface area contributed by atoms with E-state index in [4.69, 9.17) is 0 Å². The monoisotopic (exact) mass is 320 g/mol. The van der Waals surface area contributed by atoms with E-state index in [1.54, 1.807) is 13.1 Å². The molecule has 3 heteroatoms. The van der Waals surface area contributed by atoms with Crippen molar-refractivity contribution in [3.05, 3.63) is 71.6 Å². The summed E-state index contributed by atoms with van der Waals surface area (Å²) < 4.78 is 13.4. The van der Waals surface area contributed by atoms with E-state index < -0.39 is 5.95 Å². The first-order valence-corrected chi connectivity index (χ1v) is 8.15. The van der Waals surface area contributed by atoms with E-state index in [1.807, 2.05) is 18.5 Å². The minimum absolute atomic E-state index is 0.413. The Hall–Kier alpha value is -2.55. The molecule has 0 bridgehead atoms. The molecule has 0 aliphatic carbocycles. The molecule has 0 aliphatic rings. The molecule has 3 aromatic rings. The standard InChI is InChI=1S/C21H21FN2/c1-13(2)18-7-8-23-12-20(18)19-6-5-16(9-14(19)3)17-10-15(4)21(22)24-11-17/h5-13H,1-4H3. The second-order valence-corrected chi connectivity index (χ2v) is 6.48. The van der Waals surface area contributed by atoms with Crippen molar-refractivity contribution < 1.29 is 4.39 Å². The van der Waals surface area contributed by atoms with Crippen LogP contribution in [0.3, 0.4) is 0 Å². The number of halogens is 1. The van der Waals surface area contributed by atoms with Crippen molar-refractivity contribution in [2.24, 2.45) is 0 Å². The molecule has 0 atom stereocenters. The summed E-state index contributed by atoms with van der Waals surface area (Å²) in [6.07, 6.45) is 5.36. The van der Waals surface area contributed by atoms with Gasteiger partial charge < -0.3 is 0 Å². The first-order valence-electron chi connectivity index (χ1n) is 8.15. The van der Waals surface area contributed by atoms with Crippen LogP contribution in [0.1, 0.15) is 36.5 Å². The number of benzene rings is 1. The minimum Gasteiger partial charge on any atom is -0.264 e. The SMILES string of the molecule is Cc1cc(-c2cnc(F)c(C)c2)ccc1-c1cnccc1C(C)C. The number of nitrogens with zero attached hydrogens (tertiary/aromatic N) is 2. The summed E-state index contributed by atoms with van der Waals surface area (Å²) in [5.41, 5.74) is 7.35.